The van der Waals surface area contributed by atoms with Gasteiger partial charge in [0.1, 0.15) is 6.61 Å². The fraction of sp³-hybridized carbons (Fsp3) is 0.822. The third kappa shape index (κ3) is 21.9. The molecule has 0 spiro atoms. The molecule has 2 aliphatic rings. The molecule has 2 heterocycles. The highest BCUT2D eigenvalue weighted by atomic mass is 16.5. The van der Waals surface area contributed by atoms with Crippen LogP contribution >= 0.6 is 0 Å². The Morgan fingerprint density at radius 1 is 0.712 bits per heavy atom. The highest BCUT2D eigenvalue weighted by Gasteiger charge is 2.24. The second-order valence-corrected chi connectivity index (χ2v) is 15.3. The maximum absolute atomic E-state index is 13.1. The third-order valence-corrected chi connectivity index (χ3v) is 11.0. The fourth-order valence-electron chi connectivity index (χ4n) is 7.78. The average molecular weight is 726 g/mol. The van der Waals surface area contributed by atoms with Crippen LogP contribution in [0.3, 0.4) is 0 Å². The summed E-state index contributed by atoms with van der Waals surface area (Å²) in [6.07, 6.45) is 25.3. The van der Waals surface area contributed by atoms with Crippen molar-refractivity contribution in [2.45, 2.75) is 181 Å². The van der Waals surface area contributed by atoms with E-state index in [9.17, 15) is 14.4 Å². The largest absolute Gasteiger partial charge is 0.466 e. The molecule has 0 aromatic rings. The van der Waals surface area contributed by atoms with Crippen molar-refractivity contribution in [2.24, 2.45) is 17.8 Å². The second kappa shape index (κ2) is 30.9. The van der Waals surface area contributed by atoms with Gasteiger partial charge in [-0.2, -0.15) is 0 Å². The summed E-state index contributed by atoms with van der Waals surface area (Å²) in [5.41, 5.74) is 10.4. The number of cyclic esters (lactones) is 2. The normalized spacial score (nSPS) is 23.4. The molecule has 2 saturated heterocycles. The van der Waals surface area contributed by atoms with E-state index < -0.39 is 0 Å². The van der Waals surface area contributed by atoms with Gasteiger partial charge in [-0.05, 0) is 107 Å². The van der Waals surface area contributed by atoms with E-state index >= 15 is 0 Å². The Morgan fingerprint density at radius 2 is 1.21 bits per heavy atom. The van der Waals surface area contributed by atoms with Crippen LogP contribution in [0.25, 0.3) is 0 Å². The number of rotatable bonds is 12. The van der Waals surface area contributed by atoms with Crippen LogP contribution in [-0.4, -0.2) is 62.3 Å². The molecule has 296 valence electrons. The number of ether oxygens (including phenoxy) is 3. The van der Waals surface area contributed by atoms with E-state index in [2.05, 4.69) is 42.5 Å². The standard InChI is InChI=1S/C45H75NO6/c1-4-7-16-24-39-31-36-50-43(47)29-20-14-10-12-18-26-41(45(49)52-38-35-46-33-22-23-34-46)27-19-13-11-15-21-30-44(48)51-37-32-40(25-17-8-5-2)42(39)28-9-6-3/h39-41H,3-5,7-8,10-27,29-38H2,1-2H3. The lowest BCUT2D eigenvalue weighted by Gasteiger charge is -2.26. The summed E-state index contributed by atoms with van der Waals surface area (Å²) < 4.78 is 17.4. The van der Waals surface area contributed by atoms with Gasteiger partial charge in [-0.1, -0.05) is 115 Å². The first-order valence-electron chi connectivity index (χ1n) is 21.6. The van der Waals surface area contributed by atoms with Gasteiger partial charge in [0.2, 0.25) is 0 Å². The van der Waals surface area contributed by atoms with Gasteiger partial charge >= 0.3 is 17.9 Å². The van der Waals surface area contributed by atoms with Crippen molar-refractivity contribution in [1.82, 2.24) is 4.90 Å². The lowest BCUT2D eigenvalue weighted by Crippen LogP contribution is -2.27. The molecule has 0 radical (unpaired) electrons. The smallest absolute Gasteiger partial charge is 0.308 e. The van der Waals surface area contributed by atoms with Gasteiger partial charge in [0.05, 0.1) is 19.1 Å². The van der Waals surface area contributed by atoms with Gasteiger partial charge < -0.3 is 14.2 Å². The zero-order valence-electron chi connectivity index (χ0n) is 33.5. The first kappa shape index (κ1) is 45.6. The number of esters is 3. The summed E-state index contributed by atoms with van der Waals surface area (Å²) in [7, 11) is 0. The van der Waals surface area contributed by atoms with Gasteiger partial charge in [0.15, 0.2) is 0 Å². The number of carbonyl (C=O) groups is 3. The Hall–Kier alpha value is -2.55. The first-order valence-corrected chi connectivity index (χ1v) is 21.6. The van der Waals surface area contributed by atoms with Crippen molar-refractivity contribution < 1.29 is 28.6 Å². The van der Waals surface area contributed by atoms with E-state index in [-0.39, 0.29) is 35.7 Å². The molecule has 2 rings (SSSR count). The predicted molar refractivity (Wildman–Crippen MR) is 211 cm³/mol. The minimum Gasteiger partial charge on any atom is -0.466 e. The van der Waals surface area contributed by atoms with Crippen LogP contribution in [0.4, 0.5) is 0 Å². The van der Waals surface area contributed by atoms with Crippen LogP contribution in [0.15, 0.2) is 29.3 Å². The molecule has 7 nitrogen and oxygen atoms in total. The first-order chi connectivity index (χ1) is 25.5. The number of likely N-dealkylation sites (tertiary alicyclic amines) is 1. The molecule has 2 fully saturated rings. The van der Waals surface area contributed by atoms with Gasteiger partial charge in [-0.3, -0.25) is 19.3 Å². The zero-order valence-corrected chi connectivity index (χ0v) is 33.5. The summed E-state index contributed by atoms with van der Waals surface area (Å²) in [6, 6.07) is 0. The minimum absolute atomic E-state index is 0.0335. The van der Waals surface area contributed by atoms with Gasteiger partial charge in [0, 0.05) is 19.4 Å². The van der Waals surface area contributed by atoms with Crippen molar-refractivity contribution in [1.29, 1.82) is 0 Å². The molecular formula is C45H75NO6. The Bertz CT molecular complexity index is 1040. The van der Waals surface area contributed by atoms with Crippen molar-refractivity contribution in [3.63, 3.8) is 0 Å². The molecule has 0 saturated carbocycles. The highest BCUT2D eigenvalue weighted by molar-refractivity contribution is 5.72. The third-order valence-electron chi connectivity index (χ3n) is 11.0. The Balaban J connectivity index is 2.04. The van der Waals surface area contributed by atoms with Gasteiger partial charge in [-0.15, -0.1) is 0 Å². The van der Waals surface area contributed by atoms with E-state index in [4.69, 9.17) is 14.2 Å². The summed E-state index contributed by atoms with van der Waals surface area (Å²) in [4.78, 5) is 40.9. The van der Waals surface area contributed by atoms with Crippen molar-refractivity contribution in [3.05, 3.63) is 29.3 Å². The molecule has 2 unspecified atom stereocenters. The average Bonchev–Trinajstić information content (AvgIpc) is 3.66. The topological polar surface area (TPSA) is 82.1 Å². The van der Waals surface area contributed by atoms with Gasteiger partial charge in [0.25, 0.3) is 0 Å². The van der Waals surface area contributed by atoms with Crippen molar-refractivity contribution in [3.8, 4) is 0 Å². The van der Waals surface area contributed by atoms with Crippen LogP contribution < -0.4 is 0 Å². The molecule has 0 bridgehead atoms. The summed E-state index contributed by atoms with van der Waals surface area (Å²) in [6.45, 7) is 12.5. The number of allylic oxidation sites excluding steroid dienone is 1. The summed E-state index contributed by atoms with van der Waals surface area (Å²) >= 11 is 0. The Labute approximate surface area is 318 Å². The fourth-order valence-corrected chi connectivity index (χ4v) is 7.78. The van der Waals surface area contributed by atoms with E-state index in [1.165, 1.54) is 18.4 Å². The van der Waals surface area contributed by atoms with Crippen LogP contribution in [0.5, 0.6) is 0 Å². The van der Waals surface area contributed by atoms with Crippen LogP contribution in [0.1, 0.15) is 181 Å². The Morgan fingerprint density at radius 3 is 1.71 bits per heavy atom. The van der Waals surface area contributed by atoms with Crippen molar-refractivity contribution in [2.75, 3.05) is 39.5 Å². The number of hydrogen-bond acceptors (Lipinski definition) is 7. The maximum atomic E-state index is 13.1. The summed E-state index contributed by atoms with van der Waals surface area (Å²) in [5.74, 6) is 0.110. The second-order valence-electron chi connectivity index (χ2n) is 15.3. The lowest BCUT2D eigenvalue weighted by molar-refractivity contribution is -0.149. The van der Waals surface area contributed by atoms with Crippen molar-refractivity contribution >= 4 is 17.9 Å². The molecular weight excluding hydrogens is 650 g/mol. The SMILES string of the molecule is C=C=C=C=C1C(CCCCC)CCOC(=O)CCCCCCCC(C(=O)OCCN2CCCC2)CCCCCCCC(=O)OCCC1CCCCC. The molecule has 0 amide bonds. The van der Waals surface area contributed by atoms with Gasteiger partial charge in [-0.25, -0.2) is 0 Å². The molecule has 7 heteroatoms. The van der Waals surface area contributed by atoms with E-state index in [0.717, 1.165) is 161 Å². The Kier molecular flexibility index (Phi) is 27.1. The van der Waals surface area contributed by atoms with Crippen LogP contribution in [-0.2, 0) is 28.6 Å². The van der Waals surface area contributed by atoms with Crippen LogP contribution in [0, 0.1) is 17.8 Å². The molecule has 0 aromatic heterocycles. The molecule has 0 aromatic carbocycles. The molecule has 2 aliphatic heterocycles. The van der Waals surface area contributed by atoms with Crippen LogP contribution in [0.2, 0.25) is 0 Å². The number of unbranched alkanes of at least 4 members (excludes halogenated alkanes) is 4. The molecule has 0 aliphatic carbocycles. The van der Waals surface area contributed by atoms with E-state index in [0.29, 0.717) is 32.7 Å². The minimum atomic E-state index is -0.121. The molecule has 2 atom stereocenters. The highest BCUT2D eigenvalue weighted by Crippen LogP contribution is 2.33. The predicted octanol–water partition coefficient (Wildman–Crippen LogP) is 11.0. The number of hydrogen-bond donors (Lipinski definition) is 0. The number of nitrogens with zero attached hydrogens (tertiary/aromatic N) is 1. The monoisotopic (exact) mass is 726 g/mol. The molecule has 0 N–H and O–H groups in total. The van der Waals surface area contributed by atoms with E-state index in [1.54, 1.807) is 0 Å². The lowest BCUT2D eigenvalue weighted by atomic mass is 9.79. The number of carbonyl (C=O) groups excluding carboxylic acids is 3. The summed E-state index contributed by atoms with van der Waals surface area (Å²) in [5, 5.41) is 0. The zero-order chi connectivity index (χ0) is 37.5. The van der Waals surface area contributed by atoms with E-state index in [1.807, 2.05) is 0 Å². The quantitative estimate of drug-likeness (QED) is 0.0857. The maximum Gasteiger partial charge on any atom is 0.308 e. The molecule has 52 heavy (non-hydrogen) atoms.